The van der Waals surface area contributed by atoms with Crippen LogP contribution in [0.15, 0.2) is 35.2 Å². The molecule has 1 heterocycles. The van der Waals surface area contributed by atoms with Crippen LogP contribution in [-0.4, -0.2) is 9.97 Å². The molecule has 7 heteroatoms. The second kappa shape index (κ2) is 5.71. The third kappa shape index (κ3) is 2.51. The van der Waals surface area contributed by atoms with Crippen molar-refractivity contribution in [1.29, 1.82) is 0 Å². The van der Waals surface area contributed by atoms with Crippen molar-refractivity contribution in [3.8, 4) is 0 Å². The predicted octanol–water partition coefficient (Wildman–Crippen LogP) is 2.58. The molecule has 0 aliphatic carbocycles. The van der Waals surface area contributed by atoms with Crippen LogP contribution in [0.5, 0.6) is 0 Å². The summed E-state index contributed by atoms with van der Waals surface area (Å²) in [6.45, 7) is 0. The molecule has 2 aromatic rings. The van der Waals surface area contributed by atoms with E-state index in [1.165, 1.54) is 18.6 Å². The fourth-order valence-corrected chi connectivity index (χ4v) is 2.04. The molecule has 0 bridgehead atoms. The summed E-state index contributed by atoms with van der Waals surface area (Å²) in [7, 11) is 0. The van der Waals surface area contributed by atoms with Gasteiger partial charge in [0.05, 0.1) is 23.0 Å². The monoisotopic (exact) mass is 330 g/mol. The van der Waals surface area contributed by atoms with E-state index in [1.54, 1.807) is 12.1 Å². The number of benzene rings is 1. The summed E-state index contributed by atoms with van der Waals surface area (Å²) in [5.41, 5.74) is 3.33. The fraction of sp³-hybridized carbons (Fsp3) is 0.0909. The van der Waals surface area contributed by atoms with Crippen molar-refractivity contribution in [2.24, 2.45) is 5.84 Å². The van der Waals surface area contributed by atoms with E-state index in [-0.39, 0.29) is 5.02 Å². The second-order valence-electron chi connectivity index (χ2n) is 3.49. The maximum Gasteiger partial charge on any atom is 0.148 e. The number of nitrogens with two attached hydrogens (primary N) is 1. The van der Waals surface area contributed by atoms with E-state index in [0.29, 0.717) is 15.7 Å². The zero-order chi connectivity index (χ0) is 13.1. The maximum absolute atomic E-state index is 14.1. The molecule has 0 fully saturated rings. The first-order valence-electron chi connectivity index (χ1n) is 5.00. The molecule has 0 aliphatic heterocycles. The van der Waals surface area contributed by atoms with Crippen LogP contribution in [0, 0.1) is 5.82 Å². The van der Waals surface area contributed by atoms with Crippen molar-refractivity contribution in [2.75, 3.05) is 0 Å². The molecule has 1 aromatic carbocycles. The molecule has 4 nitrogen and oxygen atoms in total. The number of nitrogens with one attached hydrogen (secondary N) is 1. The van der Waals surface area contributed by atoms with E-state index in [1.807, 2.05) is 0 Å². The summed E-state index contributed by atoms with van der Waals surface area (Å²) >= 11 is 9.00. The summed E-state index contributed by atoms with van der Waals surface area (Å²) in [6.07, 6.45) is 4.56. The van der Waals surface area contributed by atoms with Crippen LogP contribution in [-0.2, 0) is 0 Å². The zero-order valence-corrected chi connectivity index (χ0v) is 11.4. The van der Waals surface area contributed by atoms with Crippen molar-refractivity contribution in [3.63, 3.8) is 0 Å². The van der Waals surface area contributed by atoms with Crippen molar-refractivity contribution in [3.05, 3.63) is 57.3 Å². The minimum absolute atomic E-state index is 0.0108. The Labute approximate surface area is 116 Å². The molecule has 0 aliphatic rings. The molecule has 2 rings (SSSR count). The molecule has 94 valence electrons. The number of aromatic nitrogens is 2. The molecular weight excluding hydrogens is 323 g/mol. The summed E-state index contributed by atoms with van der Waals surface area (Å²) in [6, 6.07) is 2.63. The molecular formula is C11H9BrClFN4. The van der Waals surface area contributed by atoms with Gasteiger partial charge in [0.1, 0.15) is 5.82 Å². The molecule has 0 saturated carbocycles. The van der Waals surface area contributed by atoms with Gasteiger partial charge in [-0.3, -0.25) is 15.8 Å². The van der Waals surface area contributed by atoms with E-state index >= 15 is 0 Å². The van der Waals surface area contributed by atoms with E-state index < -0.39 is 11.9 Å². The van der Waals surface area contributed by atoms with Crippen molar-refractivity contribution in [2.45, 2.75) is 6.04 Å². The van der Waals surface area contributed by atoms with E-state index in [2.05, 4.69) is 31.3 Å². The largest absolute Gasteiger partial charge is 0.271 e. The van der Waals surface area contributed by atoms with Gasteiger partial charge in [0.15, 0.2) is 0 Å². The van der Waals surface area contributed by atoms with Crippen LogP contribution in [0.4, 0.5) is 4.39 Å². The average molecular weight is 332 g/mol. The standard InChI is InChI=1S/C11H9BrClFN4/c12-7-2-1-6(10(14)9(7)13)11(18-15)8-5-16-3-4-17-8/h1-5,11,18H,15H2. The third-order valence-electron chi connectivity index (χ3n) is 2.42. The minimum atomic E-state index is -0.607. The Morgan fingerprint density at radius 1 is 1.39 bits per heavy atom. The first kappa shape index (κ1) is 13.4. The number of hydrogen-bond donors (Lipinski definition) is 2. The highest BCUT2D eigenvalue weighted by molar-refractivity contribution is 9.10. The van der Waals surface area contributed by atoms with Gasteiger partial charge in [-0.2, -0.15) is 0 Å². The molecule has 0 radical (unpaired) electrons. The molecule has 0 amide bonds. The summed E-state index contributed by atoms with van der Waals surface area (Å²) in [5.74, 6) is 4.91. The van der Waals surface area contributed by atoms with Gasteiger partial charge in [0.25, 0.3) is 0 Å². The lowest BCUT2D eigenvalue weighted by molar-refractivity contribution is 0.551. The highest BCUT2D eigenvalue weighted by Gasteiger charge is 2.20. The smallest absolute Gasteiger partial charge is 0.148 e. The van der Waals surface area contributed by atoms with Crippen LogP contribution in [0.1, 0.15) is 17.3 Å². The van der Waals surface area contributed by atoms with Crippen LogP contribution < -0.4 is 11.3 Å². The van der Waals surface area contributed by atoms with E-state index in [0.717, 1.165) is 0 Å². The predicted molar refractivity (Wildman–Crippen MR) is 70.3 cm³/mol. The lowest BCUT2D eigenvalue weighted by atomic mass is 10.0. The number of rotatable bonds is 3. The number of nitrogens with zero attached hydrogens (tertiary/aromatic N) is 2. The number of halogens is 3. The Balaban J connectivity index is 2.50. The topological polar surface area (TPSA) is 63.8 Å². The minimum Gasteiger partial charge on any atom is -0.271 e. The van der Waals surface area contributed by atoms with Crippen molar-refractivity contribution < 1.29 is 4.39 Å². The van der Waals surface area contributed by atoms with Gasteiger partial charge in [-0.15, -0.1) is 0 Å². The molecule has 1 unspecified atom stereocenters. The lowest BCUT2D eigenvalue weighted by Gasteiger charge is -2.17. The molecule has 1 aromatic heterocycles. The van der Waals surface area contributed by atoms with Gasteiger partial charge < -0.3 is 0 Å². The molecule has 1 atom stereocenters. The van der Waals surface area contributed by atoms with Gasteiger partial charge in [0, 0.05) is 22.4 Å². The Bertz CT molecular complexity index is 552. The normalized spacial score (nSPS) is 12.4. The highest BCUT2D eigenvalue weighted by Crippen LogP contribution is 2.31. The van der Waals surface area contributed by atoms with Crippen LogP contribution in [0.25, 0.3) is 0 Å². The van der Waals surface area contributed by atoms with Crippen LogP contribution >= 0.6 is 27.5 Å². The van der Waals surface area contributed by atoms with Gasteiger partial charge in [-0.05, 0) is 22.0 Å². The lowest BCUT2D eigenvalue weighted by Crippen LogP contribution is -2.30. The maximum atomic E-state index is 14.1. The third-order valence-corrected chi connectivity index (χ3v) is 3.68. The first-order valence-corrected chi connectivity index (χ1v) is 6.17. The zero-order valence-electron chi connectivity index (χ0n) is 9.07. The fourth-order valence-electron chi connectivity index (χ4n) is 1.56. The van der Waals surface area contributed by atoms with E-state index in [9.17, 15) is 4.39 Å². The average Bonchev–Trinajstić information content (AvgIpc) is 2.41. The molecule has 3 N–H and O–H groups in total. The quantitative estimate of drug-likeness (QED) is 0.515. The number of hydrogen-bond acceptors (Lipinski definition) is 4. The Morgan fingerprint density at radius 2 is 2.17 bits per heavy atom. The van der Waals surface area contributed by atoms with Crippen molar-refractivity contribution >= 4 is 27.5 Å². The Hall–Kier alpha value is -1.08. The van der Waals surface area contributed by atoms with Crippen molar-refractivity contribution in [1.82, 2.24) is 15.4 Å². The first-order chi connectivity index (χ1) is 8.65. The van der Waals surface area contributed by atoms with Gasteiger partial charge in [-0.25, -0.2) is 9.82 Å². The van der Waals surface area contributed by atoms with Gasteiger partial charge >= 0.3 is 0 Å². The Kier molecular flexibility index (Phi) is 4.23. The molecule has 18 heavy (non-hydrogen) atoms. The van der Waals surface area contributed by atoms with Crippen LogP contribution in [0.2, 0.25) is 5.02 Å². The van der Waals surface area contributed by atoms with Crippen LogP contribution in [0.3, 0.4) is 0 Å². The van der Waals surface area contributed by atoms with Gasteiger partial charge in [-0.1, -0.05) is 17.7 Å². The molecule has 0 spiro atoms. The SMILES string of the molecule is NNC(c1cnccn1)c1ccc(Br)c(Cl)c1F. The molecule has 0 saturated heterocycles. The Morgan fingerprint density at radius 3 is 2.78 bits per heavy atom. The second-order valence-corrected chi connectivity index (χ2v) is 4.73. The number of hydrazine groups is 1. The summed E-state index contributed by atoms with van der Waals surface area (Å²) in [4.78, 5) is 8.02. The van der Waals surface area contributed by atoms with Gasteiger partial charge in [0.2, 0.25) is 0 Å². The highest BCUT2D eigenvalue weighted by atomic mass is 79.9. The summed E-state index contributed by atoms with van der Waals surface area (Å²) in [5, 5.41) is 0.0108. The van der Waals surface area contributed by atoms with E-state index in [4.69, 9.17) is 17.4 Å². The summed E-state index contributed by atoms with van der Waals surface area (Å²) < 4.78 is 14.6.